The molecule has 1 atom stereocenters. The Balaban J connectivity index is 2.18. The summed E-state index contributed by atoms with van der Waals surface area (Å²) in [5.74, 6) is 0.0344. The van der Waals surface area contributed by atoms with Crippen molar-refractivity contribution in [1.29, 1.82) is 5.26 Å². The zero-order valence-corrected chi connectivity index (χ0v) is 11.0. The maximum absolute atomic E-state index is 13.3. The van der Waals surface area contributed by atoms with Crippen LogP contribution in [0.25, 0.3) is 0 Å². The number of rotatable bonds is 4. The Morgan fingerprint density at radius 1 is 1.40 bits per heavy atom. The monoisotopic (exact) mass is 271 g/mol. The lowest BCUT2D eigenvalue weighted by Gasteiger charge is -2.14. The van der Waals surface area contributed by atoms with Crippen LogP contribution in [0.5, 0.6) is 5.75 Å². The second kappa shape index (κ2) is 6.13. The van der Waals surface area contributed by atoms with E-state index in [1.807, 2.05) is 6.07 Å². The quantitative estimate of drug-likeness (QED) is 0.928. The Bertz CT molecular complexity index is 650. The van der Waals surface area contributed by atoms with Crippen molar-refractivity contribution in [2.45, 2.75) is 19.6 Å². The topological polar surface area (TPSA) is 71.9 Å². The van der Waals surface area contributed by atoms with Gasteiger partial charge in [-0.05, 0) is 30.7 Å². The van der Waals surface area contributed by atoms with E-state index in [0.29, 0.717) is 11.4 Å². The molecule has 20 heavy (non-hydrogen) atoms. The minimum absolute atomic E-state index is 0.223. The van der Waals surface area contributed by atoms with E-state index in [1.54, 1.807) is 25.1 Å². The molecule has 1 aromatic carbocycles. The van der Waals surface area contributed by atoms with Crippen LogP contribution in [0.3, 0.4) is 0 Å². The summed E-state index contributed by atoms with van der Waals surface area (Å²) in [5, 5.41) is 8.78. The van der Waals surface area contributed by atoms with Crippen molar-refractivity contribution in [3.63, 3.8) is 0 Å². The van der Waals surface area contributed by atoms with Gasteiger partial charge in [-0.2, -0.15) is 5.26 Å². The molecule has 1 aromatic heterocycles. The molecular weight excluding hydrogens is 257 g/mol. The lowest BCUT2D eigenvalue weighted by Crippen LogP contribution is -2.08. The molecule has 0 spiro atoms. The van der Waals surface area contributed by atoms with Gasteiger partial charge < -0.3 is 10.5 Å². The fourth-order valence-corrected chi connectivity index (χ4v) is 1.80. The number of pyridine rings is 1. The molecular formula is C15H14FN3O. The summed E-state index contributed by atoms with van der Waals surface area (Å²) in [6.45, 7) is 2.03. The van der Waals surface area contributed by atoms with E-state index >= 15 is 0 Å². The number of hydrogen-bond acceptors (Lipinski definition) is 4. The molecule has 0 saturated heterocycles. The molecule has 0 aliphatic heterocycles. The van der Waals surface area contributed by atoms with E-state index in [-0.39, 0.29) is 18.5 Å². The Hall–Kier alpha value is -2.45. The normalized spacial score (nSPS) is 11.7. The van der Waals surface area contributed by atoms with Gasteiger partial charge in [0.25, 0.3) is 0 Å². The molecule has 0 aliphatic rings. The minimum Gasteiger partial charge on any atom is -0.488 e. The number of nitriles is 1. The molecule has 2 N–H and O–H groups in total. The molecule has 0 amide bonds. The van der Waals surface area contributed by atoms with Crippen LogP contribution < -0.4 is 10.5 Å². The van der Waals surface area contributed by atoms with Gasteiger partial charge in [-0.25, -0.2) is 9.37 Å². The number of nitrogens with zero attached hydrogens (tertiary/aromatic N) is 2. The fourth-order valence-electron chi connectivity index (χ4n) is 1.80. The van der Waals surface area contributed by atoms with E-state index in [9.17, 15) is 4.39 Å². The Kier molecular flexibility index (Phi) is 4.28. The van der Waals surface area contributed by atoms with Crippen LogP contribution in [0.1, 0.15) is 29.8 Å². The highest BCUT2D eigenvalue weighted by atomic mass is 19.1. The van der Waals surface area contributed by atoms with Crippen molar-refractivity contribution in [2.75, 3.05) is 0 Å². The molecule has 2 aromatic rings. The van der Waals surface area contributed by atoms with Crippen molar-refractivity contribution < 1.29 is 9.13 Å². The van der Waals surface area contributed by atoms with Gasteiger partial charge in [0.15, 0.2) is 0 Å². The third-order valence-corrected chi connectivity index (χ3v) is 2.80. The van der Waals surface area contributed by atoms with E-state index in [0.717, 1.165) is 11.1 Å². The molecule has 4 nitrogen and oxygen atoms in total. The summed E-state index contributed by atoms with van der Waals surface area (Å²) >= 11 is 0. The zero-order chi connectivity index (χ0) is 14.5. The lowest BCUT2D eigenvalue weighted by atomic mass is 10.1. The zero-order valence-electron chi connectivity index (χ0n) is 11.0. The van der Waals surface area contributed by atoms with Gasteiger partial charge >= 0.3 is 0 Å². The second-order valence-electron chi connectivity index (χ2n) is 4.42. The van der Waals surface area contributed by atoms with Crippen molar-refractivity contribution >= 4 is 0 Å². The maximum Gasteiger partial charge on any atom is 0.140 e. The molecule has 0 bridgehead atoms. The van der Waals surface area contributed by atoms with Gasteiger partial charge in [-0.15, -0.1) is 0 Å². The van der Waals surface area contributed by atoms with E-state index in [4.69, 9.17) is 15.7 Å². The Labute approximate surface area is 116 Å². The summed E-state index contributed by atoms with van der Waals surface area (Å²) < 4.78 is 18.9. The first kappa shape index (κ1) is 14.0. The summed E-state index contributed by atoms with van der Waals surface area (Å²) in [7, 11) is 0. The Morgan fingerprint density at radius 3 is 2.90 bits per heavy atom. The van der Waals surface area contributed by atoms with Crippen LogP contribution in [0.15, 0.2) is 36.5 Å². The summed E-state index contributed by atoms with van der Waals surface area (Å²) in [5.41, 5.74) is 7.67. The van der Waals surface area contributed by atoms with Crippen molar-refractivity contribution in [3.8, 4) is 11.8 Å². The number of benzene rings is 1. The molecule has 5 heteroatoms. The molecule has 0 radical (unpaired) electrons. The van der Waals surface area contributed by atoms with Crippen molar-refractivity contribution in [3.05, 3.63) is 59.2 Å². The van der Waals surface area contributed by atoms with Gasteiger partial charge in [0, 0.05) is 23.9 Å². The van der Waals surface area contributed by atoms with Crippen LogP contribution in [0, 0.1) is 17.1 Å². The van der Waals surface area contributed by atoms with E-state index in [1.165, 1.54) is 18.3 Å². The second-order valence-corrected chi connectivity index (χ2v) is 4.42. The third-order valence-electron chi connectivity index (χ3n) is 2.80. The summed E-state index contributed by atoms with van der Waals surface area (Å²) in [6, 6.07) is 9.35. The fraction of sp³-hybridized carbons (Fsp3) is 0.200. The minimum atomic E-state index is -0.378. The van der Waals surface area contributed by atoms with Crippen molar-refractivity contribution in [1.82, 2.24) is 4.98 Å². The molecule has 2 rings (SSSR count). The Morgan fingerprint density at radius 2 is 2.20 bits per heavy atom. The maximum atomic E-state index is 13.3. The number of nitrogens with two attached hydrogens (primary N) is 1. The highest BCUT2D eigenvalue weighted by molar-refractivity contribution is 5.36. The third kappa shape index (κ3) is 3.31. The predicted molar refractivity (Wildman–Crippen MR) is 72.3 cm³/mol. The molecule has 0 unspecified atom stereocenters. The first-order valence-electron chi connectivity index (χ1n) is 6.13. The first-order chi connectivity index (χ1) is 9.60. The van der Waals surface area contributed by atoms with E-state index < -0.39 is 0 Å². The molecule has 0 aliphatic carbocycles. The number of hydrogen-bond donors (Lipinski definition) is 1. The lowest BCUT2D eigenvalue weighted by molar-refractivity contribution is 0.299. The number of aromatic nitrogens is 1. The van der Waals surface area contributed by atoms with Gasteiger partial charge in [-0.1, -0.05) is 6.07 Å². The van der Waals surface area contributed by atoms with Crippen LogP contribution in [0.4, 0.5) is 4.39 Å². The smallest absolute Gasteiger partial charge is 0.140 e. The average molecular weight is 271 g/mol. The first-order valence-corrected chi connectivity index (χ1v) is 6.13. The highest BCUT2D eigenvalue weighted by Crippen LogP contribution is 2.25. The highest BCUT2D eigenvalue weighted by Gasteiger charge is 2.10. The SMILES string of the molecule is C[C@H](N)c1ccc(F)cc1OCc1ccnc(C#N)c1. The van der Waals surface area contributed by atoms with Gasteiger partial charge in [-0.3, -0.25) is 0 Å². The number of ether oxygens (including phenoxy) is 1. The van der Waals surface area contributed by atoms with Gasteiger partial charge in [0.2, 0.25) is 0 Å². The van der Waals surface area contributed by atoms with Crippen LogP contribution >= 0.6 is 0 Å². The van der Waals surface area contributed by atoms with Gasteiger partial charge in [0.05, 0.1) is 0 Å². The summed E-state index contributed by atoms with van der Waals surface area (Å²) in [6.07, 6.45) is 1.54. The molecule has 0 saturated carbocycles. The van der Waals surface area contributed by atoms with Gasteiger partial charge in [0.1, 0.15) is 29.9 Å². The largest absolute Gasteiger partial charge is 0.488 e. The van der Waals surface area contributed by atoms with Crippen LogP contribution in [-0.2, 0) is 6.61 Å². The van der Waals surface area contributed by atoms with Crippen LogP contribution in [-0.4, -0.2) is 4.98 Å². The summed E-state index contributed by atoms with van der Waals surface area (Å²) in [4.78, 5) is 3.88. The average Bonchev–Trinajstić information content (AvgIpc) is 2.45. The van der Waals surface area contributed by atoms with Crippen LogP contribution in [0.2, 0.25) is 0 Å². The van der Waals surface area contributed by atoms with E-state index in [2.05, 4.69) is 4.98 Å². The standard InChI is InChI=1S/C15H14FN3O/c1-10(18)14-3-2-12(16)7-15(14)20-9-11-4-5-19-13(6-11)8-17/h2-7,10H,9,18H2,1H3/t10-/m0/s1. The molecule has 102 valence electrons. The van der Waals surface area contributed by atoms with Crippen molar-refractivity contribution in [2.24, 2.45) is 5.73 Å². The molecule has 1 heterocycles. The number of halogens is 1. The predicted octanol–water partition coefficient (Wildman–Crippen LogP) is 2.69. The molecule has 0 fully saturated rings.